The molecule has 0 atom stereocenters. The average molecular weight is 379 g/mol. The molecule has 6 heterocycles. The van der Waals surface area contributed by atoms with Gasteiger partial charge < -0.3 is 9.40 Å². The number of H-pyrrole nitrogens is 2. The van der Waals surface area contributed by atoms with Gasteiger partial charge in [0.2, 0.25) is 0 Å². The third kappa shape index (κ3) is 2.50. The standard InChI is InChI=1S/C21H13N7O/c1-2-6-22-15(3-1)13-9-14-18(27-28-20(14)24-10-13)21-25-16-4-7-23-17(19(16)26-21)12-5-8-29-11-12/h1-11H,(H,25,26)(H,24,27,28). The molecule has 0 saturated carbocycles. The SMILES string of the molecule is c1ccc(-c2cnc3n[nH]c(-c4nc5c(-c6ccoc6)nccc5[nH]4)c3c2)nc1. The molecule has 8 nitrogen and oxygen atoms in total. The number of hydrogen-bond acceptors (Lipinski definition) is 6. The molecule has 0 unspecified atom stereocenters. The highest BCUT2D eigenvalue weighted by atomic mass is 16.3. The molecule has 2 N–H and O–H groups in total. The zero-order valence-electron chi connectivity index (χ0n) is 15.0. The van der Waals surface area contributed by atoms with Crippen LogP contribution in [0.15, 0.2) is 71.9 Å². The minimum Gasteiger partial charge on any atom is -0.472 e. The van der Waals surface area contributed by atoms with Crippen LogP contribution in [0.3, 0.4) is 0 Å². The minimum absolute atomic E-state index is 0.619. The van der Waals surface area contributed by atoms with E-state index in [-0.39, 0.29) is 0 Å². The van der Waals surface area contributed by atoms with E-state index >= 15 is 0 Å². The van der Waals surface area contributed by atoms with E-state index in [9.17, 15) is 0 Å². The second kappa shape index (κ2) is 6.10. The normalized spacial score (nSPS) is 11.4. The molecule has 0 fully saturated rings. The van der Waals surface area contributed by atoms with Crippen LogP contribution in [0.1, 0.15) is 0 Å². The maximum absolute atomic E-state index is 5.20. The van der Waals surface area contributed by atoms with Gasteiger partial charge in [0.15, 0.2) is 11.5 Å². The fourth-order valence-corrected chi connectivity index (χ4v) is 3.42. The number of pyridine rings is 3. The van der Waals surface area contributed by atoms with Crippen molar-refractivity contribution in [3.8, 4) is 34.0 Å². The molecule has 0 spiro atoms. The van der Waals surface area contributed by atoms with E-state index in [1.54, 1.807) is 31.1 Å². The molecule has 0 amide bonds. The zero-order valence-corrected chi connectivity index (χ0v) is 15.0. The number of nitrogens with one attached hydrogen (secondary N) is 2. The molecular formula is C21H13N7O. The quantitative estimate of drug-likeness (QED) is 0.476. The second-order valence-electron chi connectivity index (χ2n) is 6.56. The van der Waals surface area contributed by atoms with Gasteiger partial charge in [-0.3, -0.25) is 15.1 Å². The lowest BCUT2D eigenvalue weighted by atomic mass is 10.1. The number of imidazole rings is 1. The van der Waals surface area contributed by atoms with Crippen LogP contribution in [-0.2, 0) is 0 Å². The molecule has 0 aromatic carbocycles. The van der Waals surface area contributed by atoms with Gasteiger partial charge in [0.25, 0.3) is 0 Å². The number of furan rings is 1. The van der Waals surface area contributed by atoms with Crippen LogP contribution in [0, 0.1) is 0 Å². The van der Waals surface area contributed by atoms with E-state index in [0.29, 0.717) is 11.5 Å². The average Bonchev–Trinajstić information content (AvgIpc) is 3.52. The summed E-state index contributed by atoms with van der Waals surface area (Å²) in [7, 11) is 0. The van der Waals surface area contributed by atoms with Crippen LogP contribution in [0.4, 0.5) is 0 Å². The molecule has 8 heteroatoms. The summed E-state index contributed by atoms with van der Waals surface area (Å²) in [6.07, 6.45) is 8.56. The first-order chi connectivity index (χ1) is 14.4. The Morgan fingerprint density at radius 1 is 0.931 bits per heavy atom. The van der Waals surface area contributed by atoms with Crippen molar-refractivity contribution in [3.63, 3.8) is 0 Å². The fraction of sp³-hybridized carbons (Fsp3) is 0. The monoisotopic (exact) mass is 379 g/mol. The Morgan fingerprint density at radius 2 is 1.93 bits per heavy atom. The molecule has 6 rings (SSSR count). The summed E-state index contributed by atoms with van der Waals surface area (Å²) >= 11 is 0. The molecule has 138 valence electrons. The fourth-order valence-electron chi connectivity index (χ4n) is 3.42. The molecule has 0 saturated heterocycles. The van der Waals surface area contributed by atoms with Crippen molar-refractivity contribution in [1.82, 2.24) is 35.1 Å². The van der Waals surface area contributed by atoms with Gasteiger partial charge in [-0.15, -0.1) is 0 Å². The van der Waals surface area contributed by atoms with Crippen LogP contribution < -0.4 is 0 Å². The molecule has 0 bridgehead atoms. The third-order valence-corrected chi connectivity index (χ3v) is 4.80. The van der Waals surface area contributed by atoms with Crippen LogP contribution in [0.2, 0.25) is 0 Å². The molecular weight excluding hydrogens is 366 g/mol. The maximum atomic E-state index is 5.20. The van der Waals surface area contributed by atoms with Crippen LogP contribution >= 0.6 is 0 Å². The summed E-state index contributed by atoms with van der Waals surface area (Å²) in [5.41, 5.74) is 6.43. The third-order valence-electron chi connectivity index (χ3n) is 4.80. The van der Waals surface area contributed by atoms with E-state index in [1.165, 1.54) is 0 Å². The Morgan fingerprint density at radius 3 is 2.79 bits per heavy atom. The van der Waals surface area contributed by atoms with E-state index in [4.69, 9.17) is 9.40 Å². The van der Waals surface area contributed by atoms with Gasteiger partial charge in [0.1, 0.15) is 16.9 Å². The molecule has 0 aliphatic heterocycles. The summed E-state index contributed by atoms with van der Waals surface area (Å²) in [6.45, 7) is 0. The van der Waals surface area contributed by atoms with E-state index in [0.717, 1.165) is 44.6 Å². The lowest BCUT2D eigenvalue weighted by Crippen LogP contribution is -1.86. The molecule has 6 aromatic rings. The summed E-state index contributed by atoms with van der Waals surface area (Å²) in [5, 5.41) is 8.25. The number of fused-ring (bicyclic) bond motifs is 2. The molecule has 0 aliphatic carbocycles. The highest BCUT2D eigenvalue weighted by Gasteiger charge is 2.17. The Hall–Kier alpha value is -4.33. The van der Waals surface area contributed by atoms with Gasteiger partial charge in [0, 0.05) is 29.7 Å². The van der Waals surface area contributed by atoms with Crippen molar-refractivity contribution in [2.45, 2.75) is 0 Å². The van der Waals surface area contributed by atoms with Crippen LogP contribution in [-0.4, -0.2) is 35.1 Å². The van der Waals surface area contributed by atoms with E-state index in [1.807, 2.05) is 36.4 Å². The van der Waals surface area contributed by atoms with Crippen molar-refractivity contribution in [2.75, 3.05) is 0 Å². The van der Waals surface area contributed by atoms with Crippen molar-refractivity contribution < 1.29 is 4.42 Å². The first-order valence-electron chi connectivity index (χ1n) is 9.00. The second-order valence-corrected chi connectivity index (χ2v) is 6.56. The van der Waals surface area contributed by atoms with E-state index in [2.05, 4.69) is 30.1 Å². The molecule has 0 aliphatic rings. The largest absolute Gasteiger partial charge is 0.472 e. The first kappa shape index (κ1) is 15.7. The van der Waals surface area contributed by atoms with Gasteiger partial charge in [-0.25, -0.2) is 9.97 Å². The maximum Gasteiger partial charge on any atom is 0.181 e. The summed E-state index contributed by atoms with van der Waals surface area (Å²) in [4.78, 5) is 21.5. The van der Waals surface area contributed by atoms with Gasteiger partial charge in [-0.2, -0.15) is 5.10 Å². The predicted molar refractivity (Wildman–Crippen MR) is 108 cm³/mol. The Kier molecular flexibility index (Phi) is 3.30. The van der Waals surface area contributed by atoms with Gasteiger partial charge in [-0.1, -0.05) is 6.07 Å². The van der Waals surface area contributed by atoms with Gasteiger partial charge in [-0.05, 0) is 30.3 Å². The predicted octanol–water partition coefficient (Wildman–Crippen LogP) is 4.22. The Labute approximate surface area is 163 Å². The summed E-state index contributed by atoms with van der Waals surface area (Å²) in [6, 6.07) is 11.6. The lowest BCUT2D eigenvalue weighted by molar-refractivity contribution is 0.568. The lowest BCUT2D eigenvalue weighted by Gasteiger charge is -2.00. The van der Waals surface area contributed by atoms with Gasteiger partial charge in [0.05, 0.1) is 29.1 Å². The molecule has 29 heavy (non-hydrogen) atoms. The van der Waals surface area contributed by atoms with Crippen molar-refractivity contribution in [3.05, 3.63) is 67.5 Å². The first-order valence-corrected chi connectivity index (χ1v) is 9.00. The number of aromatic amines is 2. The smallest absolute Gasteiger partial charge is 0.181 e. The summed E-state index contributed by atoms with van der Waals surface area (Å²) in [5.74, 6) is 0.667. The highest BCUT2D eigenvalue weighted by Crippen LogP contribution is 2.31. The van der Waals surface area contributed by atoms with E-state index < -0.39 is 0 Å². The van der Waals surface area contributed by atoms with Crippen LogP contribution in [0.25, 0.3) is 56.1 Å². The van der Waals surface area contributed by atoms with Crippen molar-refractivity contribution >= 4 is 22.1 Å². The van der Waals surface area contributed by atoms with Crippen molar-refractivity contribution in [2.24, 2.45) is 0 Å². The number of rotatable bonds is 3. The highest BCUT2D eigenvalue weighted by molar-refractivity contribution is 5.95. The minimum atomic E-state index is 0.619. The Balaban J connectivity index is 1.53. The summed E-state index contributed by atoms with van der Waals surface area (Å²) < 4.78 is 5.20. The number of hydrogen-bond donors (Lipinski definition) is 2. The van der Waals surface area contributed by atoms with Crippen molar-refractivity contribution in [1.29, 1.82) is 0 Å². The van der Waals surface area contributed by atoms with Crippen LogP contribution in [0.5, 0.6) is 0 Å². The number of aromatic nitrogens is 7. The molecule has 0 radical (unpaired) electrons. The van der Waals surface area contributed by atoms with Gasteiger partial charge >= 0.3 is 0 Å². The number of nitrogens with zero attached hydrogens (tertiary/aromatic N) is 5. The topological polar surface area (TPSA) is 109 Å². The molecule has 6 aromatic heterocycles. The Bertz CT molecular complexity index is 1450. The zero-order chi connectivity index (χ0) is 19.2.